The van der Waals surface area contributed by atoms with E-state index in [0.717, 1.165) is 44.9 Å². The molecule has 0 radical (unpaired) electrons. The smallest absolute Gasteiger partial charge is 0.309 e. The zero-order valence-electron chi connectivity index (χ0n) is 16.4. The Labute approximate surface area is 157 Å². The van der Waals surface area contributed by atoms with Crippen molar-refractivity contribution in [2.75, 3.05) is 6.61 Å². The van der Waals surface area contributed by atoms with Gasteiger partial charge in [-0.2, -0.15) is 0 Å². The highest BCUT2D eigenvalue weighted by atomic mass is 16.5. The standard InChI is InChI=1S/C22H34O4/c1-4-26-20(25)13-7-9-21(2)14(11-13)12-17(23)19-15-5-6-18(24)22(15,3)10-8-16(19)21/h12-13,15-19,23-24H,4-11H2,1-3H3/t13?,15-,16+,17?,18?,19-,21-,22-/m0/s1. The Bertz CT molecular complexity index is 613. The SMILES string of the molecule is CCOC(=O)C1CC[C@@]2(C)C(=CC(O)[C@@H]3[C@H]2CC[C@]2(C)C(O)CC[C@@H]32)C1. The first-order valence-corrected chi connectivity index (χ1v) is 10.5. The summed E-state index contributed by atoms with van der Waals surface area (Å²) in [6.45, 7) is 6.88. The Kier molecular flexibility index (Phi) is 4.51. The Hall–Kier alpha value is -0.870. The van der Waals surface area contributed by atoms with Crippen molar-refractivity contribution in [3.8, 4) is 0 Å². The van der Waals surface area contributed by atoms with E-state index in [1.165, 1.54) is 5.57 Å². The van der Waals surface area contributed by atoms with Gasteiger partial charge in [0, 0.05) is 0 Å². The number of esters is 1. The van der Waals surface area contributed by atoms with Crippen LogP contribution < -0.4 is 0 Å². The summed E-state index contributed by atoms with van der Waals surface area (Å²) in [4.78, 5) is 12.2. The van der Waals surface area contributed by atoms with Gasteiger partial charge >= 0.3 is 5.97 Å². The molecular formula is C22H34O4. The lowest BCUT2D eigenvalue weighted by Gasteiger charge is -2.58. The number of allylic oxidation sites excluding steroid dienone is 1. The van der Waals surface area contributed by atoms with Gasteiger partial charge in [0.2, 0.25) is 0 Å². The molecule has 0 bridgehead atoms. The third kappa shape index (κ3) is 2.51. The van der Waals surface area contributed by atoms with Crippen LogP contribution in [0.4, 0.5) is 0 Å². The molecule has 4 rings (SSSR count). The molecule has 0 heterocycles. The predicted molar refractivity (Wildman–Crippen MR) is 99.2 cm³/mol. The van der Waals surface area contributed by atoms with Gasteiger partial charge in [-0.3, -0.25) is 4.79 Å². The van der Waals surface area contributed by atoms with E-state index < -0.39 is 6.10 Å². The summed E-state index contributed by atoms with van der Waals surface area (Å²) in [5.74, 6) is 0.980. The highest BCUT2D eigenvalue weighted by Crippen LogP contribution is 2.65. The van der Waals surface area contributed by atoms with Crippen molar-refractivity contribution in [1.82, 2.24) is 0 Å². The topological polar surface area (TPSA) is 66.8 Å². The molecule has 3 saturated carbocycles. The number of rotatable bonds is 2. The zero-order valence-corrected chi connectivity index (χ0v) is 16.4. The van der Waals surface area contributed by atoms with Crippen LogP contribution >= 0.6 is 0 Å². The second kappa shape index (κ2) is 6.34. The van der Waals surface area contributed by atoms with Crippen LogP contribution in [0.5, 0.6) is 0 Å². The van der Waals surface area contributed by atoms with E-state index in [0.29, 0.717) is 18.4 Å². The minimum absolute atomic E-state index is 0.0357. The third-order valence-electron chi connectivity index (χ3n) is 8.70. The van der Waals surface area contributed by atoms with Crippen LogP contribution in [0, 0.1) is 34.5 Å². The molecule has 0 aromatic rings. The summed E-state index contributed by atoms with van der Waals surface area (Å²) in [5.41, 5.74) is 1.33. The van der Waals surface area contributed by atoms with Crippen LogP contribution in [0.1, 0.15) is 65.7 Å². The van der Waals surface area contributed by atoms with Crippen molar-refractivity contribution < 1.29 is 19.7 Å². The first kappa shape index (κ1) is 18.5. The largest absolute Gasteiger partial charge is 0.466 e. The Morgan fingerprint density at radius 1 is 1.15 bits per heavy atom. The number of carbonyl (C=O) groups is 1. The van der Waals surface area contributed by atoms with Crippen molar-refractivity contribution in [2.24, 2.45) is 34.5 Å². The van der Waals surface area contributed by atoms with Gasteiger partial charge < -0.3 is 14.9 Å². The molecule has 2 N–H and O–H groups in total. The fraction of sp³-hybridized carbons (Fsp3) is 0.864. The van der Waals surface area contributed by atoms with Crippen LogP contribution in [0.25, 0.3) is 0 Å². The summed E-state index contributed by atoms with van der Waals surface area (Å²) in [6, 6.07) is 0. The van der Waals surface area contributed by atoms with Crippen LogP contribution in [-0.2, 0) is 9.53 Å². The molecule has 0 spiro atoms. The van der Waals surface area contributed by atoms with Gasteiger partial charge in [0.05, 0.1) is 24.7 Å². The molecule has 26 heavy (non-hydrogen) atoms. The number of carbonyl (C=O) groups excluding carboxylic acids is 1. The number of hydrogen-bond acceptors (Lipinski definition) is 4. The summed E-state index contributed by atoms with van der Waals surface area (Å²) < 4.78 is 5.25. The highest BCUT2D eigenvalue weighted by molar-refractivity contribution is 5.73. The zero-order chi connectivity index (χ0) is 18.7. The molecule has 3 fully saturated rings. The minimum Gasteiger partial charge on any atom is -0.466 e. The van der Waals surface area contributed by atoms with E-state index in [9.17, 15) is 15.0 Å². The third-order valence-corrected chi connectivity index (χ3v) is 8.70. The Morgan fingerprint density at radius 3 is 2.65 bits per heavy atom. The number of fused-ring (bicyclic) bond motifs is 5. The summed E-state index contributed by atoms with van der Waals surface area (Å²) in [6.07, 6.45) is 8.05. The minimum atomic E-state index is -0.445. The van der Waals surface area contributed by atoms with Gasteiger partial charge in [-0.25, -0.2) is 0 Å². The van der Waals surface area contributed by atoms with E-state index in [4.69, 9.17) is 4.74 Å². The lowest BCUT2D eigenvalue weighted by atomic mass is 9.47. The number of aliphatic hydroxyl groups excluding tert-OH is 2. The van der Waals surface area contributed by atoms with Gasteiger partial charge in [0.1, 0.15) is 0 Å². The predicted octanol–water partition coefficient (Wildman–Crippen LogP) is 3.46. The Balaban J connectivity index is 1.63. The fourth-order valence-electron chi connectivity index (χ4n) is 7.08. The maximum atomic E-state index is 12.2. The molecule has 4 heteroatoms. The maximum absolute atomic E-state index is 12.2. The van der Waals surface area contributed by atoms with Crippen molar-refractivity contribution in [1.29, 1.82) is 0 Å². The van der Waals surface area contributed by atoms with Gasteiger partial charge in [-0.1, -0.05) is 25.5 Å². The summed E-state index contributed by atoms with van der Waals surface area (Å²) in [7, 11) is 0. The monoisotopic (exact) mass is 362 g/mol. The molecule has 0 aromatic heterocycles. The molecule has 3 unspecified atom stereocenters. The number of ether oxygens (including phenoxy) is 1. The molecule has 4 nitrogen and oxygen atoms in total. The van der Waals surface area contributed by atoms with E-state index in [1.54, 1.807) is 0 Å². The van der Waals surface area contributed by atoms with E-state index in [2.05, 4.69) is 19.9 Å². The molecule has 0 amide bonds. The first-order valence-electron chi connectivity index (χ1n) is 10.5. The lowest BCUT2D eigenvalue weighted by Crippen LogP contribution is -2.55. The van der Waals surface area contributed by atoms with Gasteiger partial charge in [-0.05, 0) is 80.5 Å². The quantitative estimate of drug-likeness (QED) is 0.583. The number of hydrogen-bond donors (Lipinski definition) is 2. The average molecular weight is 363 g/mol. The summed E-state index contributed by atoms with van der Waals surface area (Å²) in [5, 5.41) is 21.6. The first-order chi connectivity index (χ1) is 12.3. The highest BCUT2D eigenvalue weighted by Gasteiger charge is 2.60. The van der Waals surface area contributed by atoms with Crippen molar-refractivity contribution in [2.45, 2.75) is 77.9 Å². The fourth-order valence-corrected chi connectivity index (χ4v) is 7.08. The van der Waals surface area contributed by atoms with E-state index in [1.807, 2.05) is 6.92 Å². The molecule has 0 aliphatic heterocycles. The molecule has 0 aromatic carbocycles. The number of aliphatic hydroxyl groups is 2. The second-order valence-electron chi connectivity index (χ2n) is 9.72. The molecular weight excluding hydrogens is 328 g/mol. The van der Waals surface area contributed by atoms with Gasteiger partial charge in [-0.15, -0.1) is 0 Å². The van der Waals surface area contributed by atoms with Crippen LogP contribution in [0.15, 0.2) is 11.6 Å². The van der Waals surface area contributed by atoms with Crippen molar-refractivity contribution >= 4 is 5.97 Å². The van der Waals surface area contributed by atoms with E-state index >= 15 is 0 Å². The molecule has 4 aliphatic carbocycles. The average Bonchev–Trinajstić information content (AvgIpc) is 2.91. The van der Waals surface area contributed by atoms with Crippen LogP contribution in [-0.4, -0.2) is 35.0 Å². The lowest BCUT2D eigenvalue weighted by molar-refractivity contribution is -0.150. The van der Waals surface area contributed by atoms with E-state index in [-0.39, 0.29) is 34.7 Å². The molecule has 8 atom stereocenters. The Morgan fingerprint density at radius 2 is 1.92 bits per heavy atom. The van der Waals surface area contributed by atoms with Gasteiger partial charge in [0.25, 0.3) is 0 Å². The maximum Gasteiger partial charge on any atom is 0.309 e. The van der Waals surface area contributed by atoms with Crippen molar-refractivity contribution in [3.63, 3.8) is 0 Å². The van der Waals surface area contributed by atoms with Crippen LogP contribution in [0.3, 0.4) is 0 Å². The van der Waals surface area contributed by atoms with Crippen LogP contribution in [0.2, 0.25) is 0 Å². The van der Waals surface area contributed by atoms with Crippen molar-refractivity contribution in [3.05, 3.63) is 11.6 Å². The van der Waals surface area contributed by atoms with Gasteiger partial charge in [0.15, 0.2) is 0 Å². The normalized spacial score (nSPS) is 50.3. The second-order valence-corrected chi connectivity index (χ2v) is 9.72. The molecule has 146 valence electrons. The molecule has 0 saturated heterocycles. The molecule has 4 aliphatic rings. The summed E-state index contributed by atoms with van der Waals surface area (Å²) >= 11 is 0.